The highest BCUT2D eigenvalue weighted by Gasteiger charge is 2.15. The average molecular weight is 368 g/mol. The van der Waals surface area contributed by atoms with Crippen LogP contribution in [-0.2, 0) is 11.3 Å². The Morgan fingerprint density at radius 1 is 1.26 bits per heavy atom. The smallest absolute Gasteiger partial charge is 0.280 e. The van der Waals surface area contributed by atoms with Crippen LogP contribution in [0.2, 0.25) is 0 Å². The molecule has 0 fully saturated rings. The molecular formula is C20H21FN4O2. The van der Waals surface area contributed by atoms with Crippen molar-refractivity contribution in [3.05, 3.63) is 64.2 Å². The molecule has 0 atom stereocenters. The molecule has 7 heteroatoms. The van der Waals surface area contributed by atoms with Crippen molar-refractivity contribution in [2.24, 2.45) is 0 Å². The maximum absolute atomic E-state index is 13.6. The molecule has 0 aliphatic heterocycles. The molecule has 2 amide bonds. The fourth-order valence-corrected chi connectivity index (χ4v) is 2.74. The van der Waals surface area contributed by atoms with E-state index in [-0.39, 0.29) is 11.1 Å². The summed E-state index contributed by atoms with van der Waals surface area (Å²) >= 11 is 0. The first-order valence-corrected chi connectivity index (χ1v) is 8.52. The highest BCUT2D eigenvalue weighted by Crippen LogP contribution is 2.18. The van der Waals surface area contributed by atoms with E-state index in [2.05, 4.69) is 22.3 Å². The van der Waals surface area contributed by atoms with Gasteiger partial charge in [-0.2, -0.15) is 5.26 Å². The van der Waals surface area contributed by atoms with E-state index >= 15 is 0 Å². The Labute approximate surface area is 157 Å². The van der Waals surface area contributed by atoms with Crippen molar-refractivity contribution in [2.45, 2.75) is 33.7 Å². The summed E-state index contributed by atoms with van der Waals surface area (Å²) < 4.78 is 15.7. The normalized spacial score (nSPS) is 11.0. The van der Waals surface area contributed by atoms with Crippen LogP contribution in [0.1, 0.15) is 40.7 Å². The van der Waals surface area contributed by atoms with Crippen LogP contribution in [0.4, 0.5) is 4.39 Å². The zero-order valence-electron chi connectivity index (χ0n) is 15.5. The predicted octanol–water partition coefficient (Wildman–Crippen LogP) is 3.02. The van der Waals surface area contributed by atoms with Crippen LogP contribution in [0.25, 0.3) is 6.08 Å². The van der Waals surface area contributed by atoms with E-state index < -0.39 is 17.6 Å². The van der Waals surface area contributed by atoms with Gasteiger partial charge in [-0.05, 0) is 50.1 Å². The topological polar surface area (TPSA) is 86.9 Å². The van der Waals surface area contributed by atoms with E-state index in [0.717, 1.165) is 36.0 Å². The lowest BCUT2D eigenvalue weighted by Gasteiger charge is -2.08. The lowest BCUT2D eigenvalue weighted by Crippen LogP contribution is -2.42. The Morgan fingerprint density at radius 2 is 1.96 bits per heavy atom. The number of halogens is 1. The third-order valence-corrected chi connectivity index (χ3v) is 4.13. The third kappa shape index (κ3) is 4.61. The monoisotopic (exact) mass is 368 g/mol. The second-order valence-corrected chi connectivity index (χ2v) is 6.04. The molecule has 0 aliphatic carbocycles. The van der Waals surface area contributed by atoms with E-state index in [1.54, 1.807) is 0 Å². The van der Waals surface area contributed by atoms with E-state index in [0.29, 0.717) is 0 Å². The number of nitrogens with zero attached hydrogens (tertiary/aromatic N) is 2. The first kappa shape index (κ1) is 19.9. The largest absolute Gasteiger partial charge is 0.349 e. The number of nitrogens with one attached hydrogen (secondary N) is 2. The van der Waals surface area contributed by atoms with Crippen LogP contribution in [0, 0.1) is 31.0 Å². The Bertz CT molecular complexity index is 938. The van der Waals surface area contributed by atoms with Gasteiger partial charge in [0, 0.05) is 17.9 Å². The Kier molecular flexibility index (Phi) is 6.50. The Hall–Kier alpha value is -3.40. The fraction of sp³-hybridized carbons (Fsp3) is 0.250. The lowest BCUT2D eigenvalue weighted by molar-refractivity contribution is -0.117. The molecule has 140 valence electrons. The van der Waals surface area contributed by atoms with Gasteiger partial charge in [-0.3, -0.25) is 20.4 Å². The number of amides is 2. The summed E-state index contributed by atoms with van der Waals surface area (Å²) in [6.45, 7) is 6.79. The van der Waals surface area contributed by atoms with Crippen LogP contribution in [0.3, 0.4) is 0 Å². The fourth-order valence-electron chi connectivity index (χ4n) is 2.74. The van der Waals surface area contributed by atoms with Gasteiger partial charge in [0.1, 0.15) is 17.5 Å². The van der Waals surface area contributed by atoms with Crippen LogP contribution in [0.5, 0.6) is 0 Å². The number of hydrogen-bond acceptors (Lipinski definition) is 3. The van der Waals surface area contributed by atoms with Gasteiger partial charge in [-0.1, -0.05) is 19.1 Å². The molecule has 0 saturated carbocycles. The highest BCUT2D eigenvalue weighted by atomic mass is 19.1. The first-order chi connectivity index (χ1) is 12.9. The number of nitriles is 1. The maximum atomic E-state index is 13.6. The quantitative estimate of drug-likeness (QED) is 0.483. The van der Waals surface area contributed by atoms with Gasteiger partial charge in [0.2, 0.25) is 0 Å². The molecular weight excluding hydrogens is 347 g/mol. The molecule has 1 heterocycles. The van der Waals surface area contributed by atoms with Crippen LogP contribution < -0.4 is 10.9 Å². The second kappa shape index (κ2) is 8.81. The first-order valence-electron chi connectivity index (χ1n) is 8.52. The van der Waals surface area contributed by atoms with Gasteiger partial charge in [-0.25, -0.2) is 4.39 Å². The molecule has 27 heavy (non-hydrogen) atoms. The van der Waals surface area contributed by atoms with Gasteiger partial charge in [0.25, 0.3) is 11.8 Å². The van der Waals surface area contributed by atoms with Crippen molar-refractivity contribution < 1.29 is 14.0 Å². The molecule has 0 saturated heterocycles. The average Bonchev–Trinajstić information content (AvgIpc) is 2.92. The van der Waals surface area contributed by atoms with Gasteiger partial charge in [0.15, 0.2) is 0 Å². The summed E-state index contributed by atoms with van der Waals surface area (Å²) in [6, 6.07) is 9.12. The molecule has 2 rings (SSSR count). The maximum Gasteiger partial charge on any atom is 0.280 e. The van der Waals surface area contributed by atoms with Crippen molar-refractivity contribution in [1.29, 1.82) is 5.26 Å². The zero-order valence-corrected chi connectivity index (χ0v) is 15.5. The van der Waals surface area contributed by atoms with Crippen LogP contribution in [-0.4, -0.2) is 16.4 Å². The highest BCUT2D eigenvalue weighted by molar-refractivity contribution is 6.03. The molecule has 0 unspecified atom stereocenters. The number of carbonyl (C=O) groups is 2. The standard InChI is InChI=1S/C20H21FN4O2/c1-4-9-25-13(2)10-15(14(25)3)11-16(12-22)19(26)23-24-20(27)17-7-5-6-8-18(17)21/h5-8,10-11H,4,9H2,1-3H3,(H,23,26)(H,24,27)/b16-11-. The molecule has 2 aromatic rings. The molecule has 1 aromatic heterocycles. The Morgan fingerprint density at radius 3 is 2.59 bits per heavy atom. The minimum absolute atomic E-state index is 0.166. The minimum atomic E-state index is -0.806. The summed E-state index contributed by atoms with van der Waals surface area (Å²) in [5, 5.41) is 9.30. The lowest BCUT2D eigenvalue weighted by atomic mass is 10.1. The number of aromatic nitrogens is 1. The van der Waals surface area contributed by atoms with Gasteiger partial charge in [-0.15, -0.1) is 0 Å². The second-order valence-electron chi connectivity index (χ2n) is 6.04. The van der Waals surface area contributed by atoms with Crippen molar-refractivity contribution in [3.8, 4) is 6.07 Å². The van der Waals surface area contributed by atoms with Gasteiger partial charge < -0.3 is 4.57 Å². The van der Waals surface area contributed by atoms with E-state index in [4.69, 9.17) is 0 Å². The van der Waals surface area contributed by atoms with E-state index in [1.807, 2.05) is 26.0 Å². The van der Waals surface area contributed by atoms with Crippen molar-refractivity contribution in [3.63, 3.8) is 0 Å². The summed E-state index contributed by atoms with van der Waals surface area (Å²) in [5.74, 6) is -2.29. The molecule has 0 radical (unpaired) electrons. The van der Waals surface area contributed by atoms with Crippen molar-refractivity contribution in [2.75, 3.05) is 0 Å². The number of rotatable bonds is 5. The van der Waals surface area contributed by atoms with Crippen LogP contribution in [0.15, 0.2) is 35.9 Å². The van der Waals surface area contributed by atoms with Gasteiger partial charge >= 0.3 is 0 Å². The minimum Gasteiger partial charge on any atom is -0.349 e. The molecule has 1 aromatic carbocycles. The SMILES string of the molecule is CCCn1c(C)cc(/C=C(/C#N)C(=O)NNC(=O)c2ccccc2F)c1C. The number of benzene rings is 1. The summed E-state index contributed by atoms with van der Waals surface area (Å²) in [5.41, 5.74) is 6.63. The molecule has 0 bridgehead atoms. The third-order valence-electron chi connectivity index (χ3n) is 4.13. The number of aryl methyl sites for hydroxylation is 1. The molecule has 6 nitrogen and oxygen atoms in total. The summed E-state index contributed by atoms with van der Waals surface area (Å²) in [6.07, 6.45) is 2.44. The summed E-state index contributed by atoms with van der Waals surface area (Å²) in [4.78, 5) is 24.2. The van der Waals surface area contributed by atoms with Crippen molar-refractivity contribution in [1.82, 2.24) is 15.4 Å². The van der Waals surface area contributed by atoms with Crippen LogP contribution >= 0.6 is 0 Å². The zero-order chi connectivity index (χ0) is 20.0. The molecule has 0 aliphatic rings. The summed E-state index contributed by atoms with van der Waals surface area (Å²) in [7, 11) is 0. The predicted molar refractivity (Wildman–Crippen MR) is 99.8 cm³/mol. The van der Waals surface area contributed by atoms with Gasteiger partial charge in [0.05, 0.1) is 5.56 Å². The van der Waals surface area contributed by atoms with Crippen molar-refractivity contribution >= 4 is 17.9 Å². The van der Waals surface area contributed by atoms with E-state index in [1.165, 1.54) is 24.3 Å². The molecule has 0 spiro atoms. The van der Waals surface area contributed by atoms with E-state index in [9.17, 15) is 19.2 Å². The molecule has 2 N–H and O–H groups in total. The number of carbonyl (C=O) groups excluding carboxylic acids is 2. The Balaban J connectivity index is 2.14. The number of hydrazine groups is 1. The number of hydrogen-bond donors (Lipinski definition) is 2.